The van der Waals surface area contributed by atoms with E-state index in [1.165, 1.54) is 0 Å². The van der Waals surface area contributed by atoms with Gasteiger partial charge in [-0.15, -0.1) is 0 Å². The number of rotatable bonds is 4. The minimum Gasteiger partial charge on any atom is -0.395 e. The molecule has 1 aromatic rings. The second kappa shape index (κ2) is 5.78. The van der Waals surface area contributed by atoms with Crippen LogP contribution in [0.5, 0.6) is 0 Å². The van der Waals surface area contributed by atoms with Crippen LogP contribution < -0.4 is 11.1 Å². The summed E-state index contributed by atoms with van der Waals surface area (Å²) >= 11 is 0. The van der Waals surface area contributed by atoms with E-state index in [1.807, 2.05) is 0 Å². The Morgan fingerprint density at radius 1 is 1.50 bits per heavy atom. The fourth-order valence-corrected chi connectivity index (χ4v) is 1.07. The predicted molar refractivity (Wildman–Crippen MR) is 56.6 cm³/mol. The number of pyridine rings is 1. The van der Waals surface area contributed by atoms with Crippen molar-refractivity contribution in [3.8, 4) is 0 Å². The molecular weight excluding hydrogens is 251 g/mol. The van der Waals surface area contributed by atoms with Gasteiger partial charge in [0.1, 0.15) is 5.69 Å². The van der Waals surface area contributed by atoms with Crippen LogP contribution in [0.2, 0.25) is 0 Å². The largest absolute Gasteiger partial charge is 0.417 e. The monoisotopic (exact) mass is 263 g/mol. The van der Waals surface area contributed by atoms with Crippen molar-refractivity contribution in [3.63, 3.8) is 0 Å². The Morgan fingerprint density at radius 3 is 2.61 bits per heavy atom. The molecule has 1 aromatic heterocycles. The van der Waals surface area contributed by atoms with Gasteiger partial charge in [0.15, 0.2) is 0 Å². The summed E-state index contributed by atoms with van der Waals surface area (Å²) in [5.74, 6) is -0.646. The molecule has 0 fully saturated rings. The Kier molecular flexibility index (Phi) is 4.62. The number of nitrogens with zero attached hydrogens (tertiary/aromatic N) is 1. The van der Waals surface area contributed by atoms with E-state index < -0.39 is 23.7 Å². The Balaban J connectivity index is 2.65. The first-order valence-electron chi connectivity index (χ1n) is 5.02. The summed E-state index contributed by atoms with van der Waals surface area (Å²) in [5.41, 5.74) is 4.28. The van der Waals surface area contributed by atoms with Crippen molar-refractivity contribution in [3.05, 3.63) is 29.6 Å². The van der Waals surface area contributed by atoms with Gasteiger partial charge in [0.2, 0.25) is 0 Å². The smallest absolute Gasteiger partial charge is 0.395 e. The van der Waals surface area contributed by atoms with Crippen LogP contribution in [0, 0.1) is 0 Å². The SMILES string of the molecule is NC(CO)CNC(=O)c1ccc(C(F)(F)F)cn1. The number of hydrogen-bond donors (Lipinski definition) is 3. The standard InChI is InChI=1S/C10H12F3N3O2/c11-10(12,13)6-1-2-8(15-3-6)9(18)16-4-7(14)5-17/h1-3,7,17H,4-5,14H2,(H,16,18). The normalized spacial score (nSPS) is 13.2. The van der Waals surface area contributed by atoms with Gasteiger partial charge >= 0.3 is 6.18 Å². The molecule has 0 saturated carbocycles. The number of amides is 1. The maximum absolute atomic E-state index is 12.2. The molecule has 0 aliphatic heterocycles. The molecule has 0 spiro atoms. The van der Waals surface area contributed by atoms with E-state index in [0.717, 1.165) is 12.1 Å². The molecule has 0 saturated heterocycles. The quantitative estimate of drug-likeness (QED) is 0.721. The molecule has 4 N–H and O–H groups in total. The first-order valence-corrected chi connectivity index (χ1v) is 5.02. The average Bonchev–Trinajstić information content (AvgIpc) is 2.34. The maximum Gasteiger partial charge on any atom is 0.417 e. The zero-order valence-corrected chi connectivity index (χ0v) is 9.24. The predicted octanol–water partition coefficient (Wildman–Crippen LogP) is 0.150. The van der Waals surface area contributed by atoms with Gasteiger partial charge in [-0.3, -0.25) is 9.78 Å². The highest BCUT2D eigenvalue weighted by Gasteiger charge is 2.30. The Labute approximate surface area is 101 Å². The van der Waals surface area contributed by atoms with E-state index >= 15 is 0 Å². The van der Waals surface area contributed by atoms with Gasteiger partial charge in [-0.2, -0.15) is 13.2 Å². The van der Waals surface area contributed by atoms with Crippen molar-refractivity contribution in [2.75, 3.05) is 13.2 Å². The molecule has 18 heavy (non-hydrogen) atoms. The van der Waals surface area contributed by atoms with Crippen molar-refractivity contribution < 1.29 is 23.1 Å². The molecule has 100 valence electrons. The van der Waals surface area contributed by atoms with Gasteiger partial charge in [-0.05, 0) is 12.1 Å². The lowest BCUT2D eigenvalue weighted by Crippen LogP contribution is -2.39. The first kappa shape index (κ1) is 14.4. The number of carbonyl (C=O) groups is 1. The third-order valence-electron chi connectivity index (χ3n) is 2.08. The number of aromatic nitrogens is 1. The fourth-order valence-electron chi connectivity index (χ4n) is 1.07. The van der Waals surface area contributed by atoms with E-state index in [2.05, 4.69) is 10.3 Å². The van der Waals surface area contributed by atoms with Crippen LogP contribution in [0.25, 0.3) is 0 Å². The van der Waals surface area contributed by atoms with Crippen LogP contribution in [0.15, 0.2) is 18.3 Å². The highest BCUT2D eigenvalue weighted by atomic mass is 19.4. The van der Waals surface area contributed by atoms with E-state index in [4.69, 9.17) is 10.8 Å². The van der Waals surface area contributed by atoms with Crippen LogP contribution in [-0.4, -0.2) is 35.2 Å². The number of aliphatic hydroxyl groups is 1. The molecule has 0 aromatic carbocycles. The van der Waals surface area contributed by atoms with Gasteiger partial charge in [-0.1, -0.05) is 0 Å². The summed E-state index contributed by atoms with van der Waals surface area (Å²) in [4.78, 5) is 14.8. The van der Waals surface area contributed by atoms with Crippen LogP contribution in [0.4, 0.5) is 13.2 Å². The number of aliphatic hydroxyl groups excluding tert-OH is 1. The van der Waals surface area contributed by atoms with Crippen molar-refractivity contribution in [2.24, 2.45) is 5.73 Å². The molecule has 0 radical (unpaired) electrons. The number of hydrogen-bond acceptors (Lipinski definition) is 4. The summed E-state index contributed by atoms with van der Waals surface area (Å²) in [6, 6.07) is 1.12. The lowest BCUT2D eigenvalue weighted by molar-refractivity contribution is -0.137. The number of halogens is 3. The highest BCUT2D eigenvalue weighted by molar-refractivity contribution is 5.92. The second-order valence-corrected chi connectivity index (χ2v) is 3.58. The summed E-state index contributed by atoms with van der Waals surface area (Å²) in [5, 5.41) is 11.0. The van der Waals surface area contributed by atoms with E-state index in [9.17, 15) is 18.0 Å². The van der Waals surface area contributed by atoms with Gasteiger partial charge in [0.25, 0.3) is 5.91 Å². The number of nitrogens with one attached hydrogen (secondary N) is 1. The molecule has 1 atom stereocenters. The molecule has 0 aliphatic rings. The van der Waals surface area contributed by atoms with Crippen LogP contribution in [0.1, 0.15) is 16.1 Å². The molecule has 1 rings (SSSR count). The highest BCUT2D eigenvalue weighted by Crippen LogP contribution is 2.28. The van der Waals surface area contributed by atoms with Crippen LogP contribution in [-0.2, 0) is 6.18 Å². The molecule has 0 aliphatic carbocycles. The second-order valence-electron chi connectivity index (χ2n) is 3.58. The van der Waals surface area contributed by atoms with Gasteiger partial charge < -0.3 is 16.2 Å². The summed E-state index contributed by atoms with van der Waals surface area (Å²) < 4.78 is 36.7. The topological polar surface area (TPSA) is 88.2 Å². The minimum atomic E-state index is -4.48. The average molecular weight is 263 g/mol. The lowest BCUT2D eigenvalue weighted by atomic mass is 10.2. The third-order valence-corrected chi connectivity index (χ3v) is 2.08. The summed E-state index contributed by atoms with van der Waals surface area (Å²) in [7, 11) is 0. The Hall–Kier alpha value is -1.67. The van der Waals surface area contributed by atoms with Crippen molar-refractivity contribution in [2.45, 2.75) is 12.2 Å². The van der Waals surface area contributed by atoms with Gasteiger partial charge in [0, 0.05) is 18.8 Å². The lowest BCUT2D eigenvalue weighted by Gasteiger charge is -2.10. The fraction of sp³-hybridized carbons (Fsp3) is 0.400. The Bertz CT molecular complexity index is 406. The van der Waals surface area contributed by atoms with Crippen molar-refractivity contribution in [1.29, 1.82) is 0 Å². The van der Waals surface area contributed by atoms with Crippen molar-refractivity contribution >= 4 is 5.91 Å². The number of alkyl halides is 3. The molecule has 5 nitrogen and oxygen atoms in total. The van der Waals surface area contributed by atoms with E-state index in [0.29, 0.717) is 6.20 Å². The zero-order chi connectivity index (χ0) is 13.8. The molecule has 0 bridgehead atoms. The van der Waals surface area contributed by atoms with Gasteiger partial charge in [0.05, 0.1) is 12.2 Å². The van der Waals surface area contributed by atoms with E-state index in [1.54, 1.807) is 0 Å². The summed E-state index contributed by atoms with van der Waals surface area (Å²) in [6.07, 6.45) is -3.90. The molecular formula is C10H12F3N3O2. The third kappa shape index (κ3) is 3.97. The molecule has 1 amide bonds. The zero-order valence-electron chi connectivity index (χ0n) is 9.24. The number of carbonyl (C=O) groups excluding carboxylic acids is 1. The maximum atomic E-state index is 12.2. The Morgan fingerprint density at radius 2 is 2.17 bits per heavy atom. The molecule has 1 unspecified atom stereocenters. The molecule has 1 heterocycles. The molecule has 8 heteroatoms. The minimum absolute atomic E-state index is 0.0119. The van der Waals surface area contributed by atoms with Crippen molar-refractivity contribution in [1.82, 2.24) is 10.3 Å². The summed E-state index contributed by atoms with van der Waals surface area (Å²) in [6.45, 7) is -0.293. The van der Waals surface area contributed by atoms with Crippen LogP contribution >= 0.6 is 0 Å². The van der Waals surface area contributed by atoms with Crippen LogP contribution in [0.3, 0.4) is 0 Å². The van der Waals surface area contributed by atoms with Gasteiger partial charge in [-0.25, -0.2) is 0 Å². The number of nitrogens with two attached hydrogens (primary N) is 1. The van der Waals surface area contributed by atoms with E-state index in [-0.39, 0.29) is 18.8 Å². The first-order chi connectivity index (χ1) is 8.34.